The largest absolute Gasteiger partial charge is 0.481 e. The van der Waals surface area contributed by atoms with Crippen molar-refractivity contribution in [1.29, 1.82) is 0 Å². The lowest BCUT2D eigenvalue weighted by molar-refractivity contribution is -0.386. The van der Waals surface area contributed by atoms with Crippen molar-refractivity contribution in [2.75, 3.05) is 7.11 Å². The maximum absolute atomic E-state index is 11.0. The van der Waals surface area contributed by atoms with Crippen molar-refractivity contribution in [2.45, 2.75) is 32.0 Å². The number of methoxy groups -OCH3 is 1. The van der Waals surface area contributed by atoms with Gasteiger partial charge in [-0.1, -0.05) is 36.7 Å². The molecule has 1 heterocycles. The van der Waals surface area contributed by atoms with Gasteiger partial charge in [-0.2, -0.15) is 0 Å². The molecule has 0 amide bonds. The summed E-state index contributed by atoms with van der Waals surface area (Å²) in [6.45, 7) is 6.20. The summed E-state index contributed by atoms with van der Waals surface area (Å²) in [5.74, 6) is 0.393. The van der Waals surface area contributed by atoms with Crippen LogP contribution in [0.15, 0.2) is 12.1 Å². The van der Waals surface area contributed by atoms with E-state index in [1.54, 1.807) is 0 Å². The van der Waals surface area contributed by atoms with Crippen LogP contribution in [0.25, 0.3) is 0 Å². The molecular weight excluding hydrogens is 300 g/mol. The first-order valence-electron chi connectivity index (χ1n) is 5.58. The lowest BCUT2D eigenvalue weighted by Gasteiger charge is -2.25. The fourth-order valence-corrected chi connectivity index (χ4v) is 1.69. The monoisotopic (exact) mass is 316 g/mol. The minimum Gasteiger partial charge on any atom is -0.481 e. The second-order valence-corrected chi connectivity index (χ2v) is 6.22. The molecule has 0 radical (unpaired) electrons. The smallest absolute Gasteiger partial charge is 0.291 e. The van der Waals surface area contributed by atoms with Gasteiger partial charge in [-0.25, -0.2) is 4.98 Å². The van der Waals surface area contributed by atoms with Crippen molar-refractivity contribution in [3.8, 4) is 5.88 Å². The summed E-state index contributed by atoms with van der Waals surface area (Å²) in [5.41, 5.74) is 0.471. The third kappa shape index (κ3) is 3.66. The maximum atomic E-state index is 11.0. The number of nitrogens with zero attached hydrogens (tertiary/aromatic N) is 2. The Labute approximate surface area is 115 Å². The van der Waals surface area contributed by atoms with Gasteiger partial charge in [-0.05, 0) is 5.41 Å². The summed E-state index contributed by atoms with van der Waals surface area (Å²) in [4.78, 5) is 14.8. The first kappa shape index (κ1) is 14.9. The topological polar surface area (TPSA) is 65.3 Å². The van der Waals surface area contributed by atoms with Crippen LogP contribution in [0.3, 0.4) is 0 Å². The van der Waals surface area contributed by atoms with Crippen LogP contribution in [0.4, 0.5) is 5.69 Å². The zero-order valence-corrected chi connectivity index (χ0v) is 12.5. The Morgan fingerprint density at radius 2 is 2.11 bits per heavy atom. The van der Waals surface area contributed by atoms with E-state index in [-0.39, 0.29) is 15.9 Å². The SMILES string of the molecule is COc1ccc([N+](=O)[O-])c(CC(Br)C(C)(C)C)n1. The molecule has 0 aliphatic heterocycles. The van der Waals surface area contributed by atoms with Gasteiger partial charge in [-0.15, -0.1) is 0 Å². The van der Waals surface area contributed by atoms with E-state index in [1.165, 1.54) is 19.2 Å². The predicted molar refractivity (Wildman–Crippen MR) is 73.3 cm³/mol. The molecule has 6 heteroatoms. The molecule has 1 unspecified atom stereocenters. The Morgan fingerprint density at radius 1 is 1.50 bits per heavy atom. The van der Waals surface area contributed by atoms with Gasteiger partial charge in [0.1, 0.15) is 5.69 Å². The fraction of sp³-hybridized carbons (Fsp3) is 0.583. The van der Waals surface area contributed by atoms with Crippen molar-refractivity contribution in [1.82, 2.24) is 4.98 Å². The molecule has 1 atom stereocenters. The quantitative estimate of drug-likeness (QED) is 0.485. The first-order chi connectivity index (χ1) is 8.25. The third-order valence-electron chi connectivity index (χ3n) is 2.64. The van der Waals surface area contributed by atoms with Gasteiger partial charge in [0.25, 0.3) is 5.69 Å². The zero-order valence-electron chi connectivity index (χ0n) is 10.9. The van der Waals surface area contributed by atoms with Gasteiger partial charge in [0, 0.05) is 23.4 Å². The summed E-state index contributed by atoms with van der Waals surface area (Å²) >= 11 is 3.56. The summed E-state index contributed by atoms with van der Waals surface area (Å²) in [6.07, 6.45) is 0.483. The van der Waals surface area contributed by atoms with Crippen LogP contribution >= 0.6 is 15.9 Å². The third-order valence-corrected chi connectivity index (χ3v) is 4.34. The highest BCUT2D eigenvalue weighted by Gasteiger charge is 2.26. The molecule has 1 aromatic rings. The van der Waals surface area contributed by atoms with E-state index < -0.39 is 4.92 Å². The lowest BCUT2D eigenvalue weighted by atomic mass is 9.89. The minimum atomic E-state index is -0.413. The first-order valence-corrected chi connectivity index (χ1v) is 6.49. The average Bonchev–Trinajstić information content (AvgIpc) is 2.27. The molecule has 5 nitrogen and oxygen atoms in total. The molecule has 0 saturated heterocycles. The second-order valence-electron chi connectivity index (χ2n) is 5.11. The highest BCUT2D eigenvalue weighted by atomic mass is 79.9. The number of rotatable bonds is 4. The van der Waals surface area contributed by atoms with Crippen LogP contribution in [0.5, 0.6) is 5.88 Å². The summed E-state index contributed by atoms with van der Waals surface area (Å²) in [7, 11) is 1.49. The number of ether oxygens (including phenoxy) is 1. The molecular formula is C12H17BrN2O3. The van der Waals surface area contributed by atoms with Gasteiger partial charge in [-0.3, -0.25) is 10.1 Å². The normalized spacial score (nSPS) is 13.2. The highest BCUT2D eigenvalue weighted by Crippen LogP contribution is 2.31. The van der Waals surface area contributed by atoms with Crippen LogP contribution in [0.2, 0.25) is 0 Å². The van der Waals surface area contributed by atoms with Gasteiger partial charge < -0.3 is 4.74 Å². The molecule has 1 rings (SSSR count). The van der Waals surface area contributed by atoms with E-state index in [0.29, 0.717) is 18.0 Å². The van der Waals surface area contributed by atoms with Crippen LogP contribution in [-0.2, 0) is 6.42 Å². The molecule has 100 valence electrons. The standard InChI is InChI=1S/C12H17BrN2O3/c1-12(2,3)10(13)7-8-9(15(16)17)5-6-11(14-8)18-4/h5-6,10H,7H2,1-4H3. The molecule has 0 aliphatic rings. The van der Waals surface area contributed by atoms with Crippen LogP contribution in [0.1, 0.15) is 26.5 Å². The van der Waals surface area contributed by atoms with E-state index in [1.807, 2.05) is 0 Å². The van der Waals surface area contributed by atoms with Gasteiger partial charge >= 0.3 is 0 Å². The van der Waals surface area contributed by atoms with E-state index in [9.17, 15) is 10.1 Å². The number of hydrogen-bond donors (Lipinski definition) is 0. The summed E-state index contributed by atoms with van der Waals surface area (Å²) in [5, 5.41) is 11.0. The lowest BCUT2D eigenvalue weighted by Crippen LogP contribution is -2.23. The Kier molecular flexibility index (Phi) is 4.67. The van der Waals surface area contributed by atoms with E-state index in [0.717, 1.165) is 0 Å². The molecule has 18 heavy (non-hydrogen) atoms. The van der Waals surface area contributed by atoms with E-state index >= 15 is 0 Å². The van der Waals surface area contributed by atoms with Gasteiger partial charge in [0.05, 0.1) is 12.0 Å². The van der Waals surface area contributed by atoms with Crippen molar-refractivity contribution in [3.63, 3.8) is 0 Å². The Hall–Kier alpha value is -1.17. The zero-order chi connectivity index (χ0) is 13.9. The Balaban J connectivity index is 3.08. The van der Waals surface area contributed by atoms with Gasteiger partial charge in [0.2, 0.25) is 5.88 Å². The highest BCUT2D eigenvalue weighted by molar-refractivity contribution is 9.09. The molecule has 0 aromatic carbocycles. The average molecular weight is 317 g/mol. The number of hydrogen-bond acceptors (Lipinski definition) is 4. The van der Waals surface area contributed by atoms with E-state index in [4.69, 9.17) is 4.74 Å². The molecule has 0 N–H and O–H groups in total. The molecule has 0 saturated carbocycles. The van der Waals surface area contributed by atoms with Crippen LogP contribution in [-0.4, -0.2) is 21.8 Å². The molecule has 0 fully saturated rings. The van der Waals surface area contributed by atoms with Gasteiger partial charge in [0.15, 0.2) is 0 Å². The Bertz CT molecular complexity index is 443. The van der Waals surface area contributed by atoms with Crippen molar-refractivity contribution in [2.24, 2.45) is 5.41 Å². The van der Waals surface area contributed by atoms with Crippen LogP contribution < -0.4 is 4.74 Å². The molecule has 0 bridgehead atoms. The number of halogens is 1. The molecule has 0 spiro atoms. The van der Waals surface area contributed by atoms with Crippen LogP contribution in [0, 0.1) is 15.5 Å². The van der Waals surface area contributed by atoms with Crippen molar-refractivity contribution in [3.05, 3.63) is 27.9 Å². The van der Waals surface area contributed by atoms with Crippen molar-refractivity contribution >= 4 is 21.6 Å². The number of pyridine rings is 1. The molecule has 0 aliphatic carbocycles. The Morgan fingerprint density at radius 3 is 2.56 bits per heavy atom. The van der Waals surface area contributed by atoms with Crippen molar-refractivity contribution < 1.29 is 9.66 Å². The van der Waals surface area contributed by atoms with E-state index in [2.05, 4.69) is 41.7 Å². The number of nitro groups is 1. The second kappa shape index (κ2) is 5.65. The predicted octanol–water partition coefficient (Wildman–Crippen LogP) is 3.35. The summed E-state index contributed by atoms with van der Waals surface area (Å²) in [6, 6.07) is 2.94. The minimum absolute atomic E-state index is 0.00136. The maximum Gasteiger partial charge on any atom is 0.291 e. The number of aromatic nitrogens is 1. The number of alkyl halides is 1. The fourth-order valence-electron chi connectivity index (χ4n) is 1.38. The molecule has 1 aromatic heterocycles. The summed E-state index contributed by atoms with van der Waals surface area (Å²) < 4.78 is 5.01.